The topological polar surface area (TPSA) is 93.0 Å². The minimum atomic E-state index is -1.36. The molecule has 0 radical (unpaired) electrons. The van der Waals surface area contributed by atoms with Crippen LogP contribution in [0.15, 0.2) is 24.7 Å². The molecular formula is C18H21FN6O2. The van der Waals surface area contributed by atoms with Gasteiger partial charge in [-0.1, -0.05) is 0 Å². The molecule has 9 heteroatoms. The van der Waals surface area contributed by atoms with E-state index >= 15 is 0 Å². The molecule has 2 fully saturated rings. The first-order valence-electron chi connectivity index (χ1n) is 9.16. The largest absolute Gasteiger partial charge is 0.396 e. The Morgan fingerprint density at radius 3 is 2.93 bits per heavy atom. The molecule has 2 saturated heterocycles. The monoisotopic (exact) mass is 372 g/mol. The van der Waals surface area contributed by atoms with Gasteiger partial charge in [0, 0.05) is 18.2 Å². The number of nitrogens with two attached hydrogens (primary N) is 1. The maximum atomic E-state index is 14.4. The molecule has 1 atom stereocenters. The second-order valence-corrected chi connectivity index (χ2v) is 7.31. The number of alkyl halides is 1. The molecule has 0 aliphatic carbocycles. The molecule has 0 bridgehead atoms. The van der Waals surface area contributed by atoms with Crippen LogP contribution in [0.25, 0.3) is 22.3 Å². The van der Waals surface area contributed by atoms with E-state index in [9.17, 15) is 4.39 Å². The molecule has 0 spiro atoms. The number of ether oxygens (including phenoxy) is 2. The van der Waals surface area contributed by atoms with E-state index in [1.54, 1.807) is 28.0 Å². The zero-order valence-electron chi connectivity index (χ0n) is 14.8. The Morgan fingerprint density at radius 1 is 1.30 bits per heavy atom. The molecule has 3 aromatic rings. The predicted octanol–water partition coefficient (Wildman–Crippen LogP) is 2.31. The van der Waals surface area contributed by atoms with Gasteiger partial charge in [0.1, 0.15) is 11.9 Å². The summed E-state index contributed by atoms with van der Waals surface area (Å²) in [6.07, 6.45) is 8.20. The van der Waals surface area contributed by atoms with Crippen molar-refractivity contribution < 1.29 is 13.9 Å². The summed E-state index contributed by atoms with van der Waals surface area (Å²) in [4.78, 5) is 4.47. The van der Waals surface area contributed by atoms with Gasteiger partial charge >= 0.3 is 0 Å². The first kappa shape index (κ1) is 16.6. The summed E-state index contributed by atoms with van der Waals surface area (Å²) in [6, 6.07) is 1.86. The second kappa shape index (κ2) is 6.28. The quantitative estimate of drug-likeness (QED) is 0.755. The lowest BCUT2D eigenvalue weighted by Crippen LogP contribution is -2.48. The number of nitrogen functional groups attached to an aromatic ring is 1. The van der Waals surface area contributed by atoms with Crippen LogP contribution >= 0.6 is 0 Å². The molecule has 3 aromatic heterocycles. The highest BCUT2D eigenvalue weighted by Gasteiger charge is 2.39. The Hall–Kier alpha value is -2.52. The van der Waals surface area contributed by atoms with Gasteiger partial charge in [-0.15, -0.1) is 0 Å². The van der Waals surface area contributed by atoms with Crippen LogP contribution in [0.1, 0.15) is 25.5 Å². The van der Waals surface area contributed by atoms with Gasteiger partial charge in [-0.2, -0.15) is 10.2 Å². The zero-order valence-corrected chi connectivity index (χ0v) is 14.8. The lowest BCUT2D eigenvalue weighted by molar-refractivity contribution is -0.138. The lowest BCUT2D eigenvalue weighted by atomic mass is 10.1. The van der Waals surface area contributed by atoms with Crippen LogP contribution in [-0.2, 0) is 16.0 Å². The van der Waals surface area contributed by atoms with Crippen molar-refractivity contribution in [2.75, 3.05) is 25.6 Å². The summed E-state index contributed by atoms with van der Waals surface area (Å²) in [5, 5.41) is 9.75. The van der Waals surface area contributed by atoms with E-state index < -0.39 is 5.67 Å². The molecule has 2 aliphatic heterocycles. The molecule has 0 saturated carbocycles. The van der Waals surface area contributed by atoms with Crippen LogP contribution in [0.3, 0.4) is 0 Å². The zero-order chi connectivity index (χ0) is 18.4. The van der Waals surface area contributed by atoms with Crippen molar-refractivity contribution >= 4 is 16.6 Å². The van der Waals surface area contributed by atoms with Crippen LogP contribution in [0, 0.1) is 0 Å². The summed E-state index contributed by atoms with van der Waals surface area (Å²) in [6.45, 7) is 1.09. The fourth-order valence-electron chi connectivity index (χ4n) is 3.60. The molecule has 2 aliphatic rings. The van der Waals surface area contributed by atoms with Gasteiger partial charge < -0.3 is 15.2 Å². The smallest absolute Gasteiger partial charge is 0.176 e. The number of pyridine rings is 1. The molecular weight excluding hydrogens is 351 g/mol. The van der Waals surface area contributed by atoms with Crippen LogP contribution in [0.2, 0.25) is 0 Å². The Bertz CT molecular complexity index is 974. The molecule has 2 N–H and O–H groups in total. The van der Waals surface area contributed by atoms with Gasteiger partial charge in [0.05, 0.1) is 49.1 Å². The Kier molecular flexibility index (Phi) is 3.87. The van der Waals surface area contributed by atoms with Crippen molar-refractivity contribution in [2.45, 2.75) is 37.7 Å². The summed E-state index contributed by atoms with van der Waals surface area (Å²) >= 11 is 0. The van der Waals surface area contributed by atoms with E-state index in [0.717, 1.165) is 36.8 Å². The third-order valence-electron chi connectivity index (χ3n) is 5.13. The number of fused-ring (bicyclic) bond motifs is 1. The predicted molar refractivity (Wildman–Crippen MR) is 96.7 cm³/mol. The number of aromatic nitrogens is 5. The fourth-order valence-corrected chi connectivity index (χ4v) is 3.60. The van der Waals surface area contributed by atoms with Gasteiger partial charge in [0.2, 0.25) is 0 Å². The highest BCUT2D eigenvalue weighted by Crippen LogP contribution is 2.30. The van der Waals surface area contributed by atoms with E-state index in [2.05, 4.69) is 15.2 Å². The minimum Gasteiger partial charge on any atom is -0.396 e. The molecule has 5 rings (SSSR count). The van der Waals surface area contributed by atoms with Crippen LogP contribution in [0.4, 0.5) is 10.1 Å². The minimum absolute atomic E-state index is 0.0888. The molecule has 0 aromatic carbocycles. The van der Waals surface area contributed by atoms with E-state index in [-0.39, 0.29) is 26.0 Å². The van der Waals surface area contributed by atoms with E-state index in [1.165, 1.54) is 0 Å². The average molecular weight is 372 g/mol. The van der Waals surface area contributed by atoms with Crippen molar-refractivity contribution in [3.63, 3.8) is 0 Å². The summed E-state index contributed by atoms with van der Waals surface area (Å²) in [7, 11) is 0. The van der Waals surface area contributed by atoms with Crippen molar-refractivity contribution in [1.29, 1.82) is 0 Å². The number of rotatable bonds is 4. The molecule has 5 heterocycles. The molecule has 8 nitrogen and oxygen atoms in total. The second-order valence-electron chi connectivity index (χ2n) is 7.31. The van der Waals surface area contributed by atoms with E-state index in [1.807, 2.05) is 6.07 Å². The fraction of sp³-hybridized carbons (Fsp3) is 0.500. The van der Waals surface area contributed by atoms with Gasteiger partial charge in [0.15, 0.2) is 5.67 Å². The lowest BCUT2D eigenvalue weighted by Gasteiger charge is -2.33. The number of hydrogen-bond acceptors (Lipinski definition) is 6. The molecule has 27 heavy (non-hydrogen) atoms. The Morgan fingerprint density at radius 2 is 2.19 bits per heavy atom. The van der Waals surface area contributed by atoms with Crippen molar-refractivity contribution in [2.24, 2.45) is 0 Å². The van der Waals surface area contributed by atoms with E-state index in [0.29, 0.717) is 17.1 Å². The van der Waals surface area contributed by atoms with Crippen LogP contribution in [0.5, 0.6) is 0 Å². The van der Waals surface area contributed by atoms with Gasteiger partial charge in [-0.3, -0.25) is 9.67 Å². The maximum Gasteiger partial charge on any atom is 0.176 e. The highest BCUT2D eigenvalue weighted by molar-refractivity contribution is 5.83. The maximum absolute atomic E-state index is 14.4. The normalized spacial score (nSPS) is 22.0. The van der Waals surface area contributed by atoms with Crippen LogP contribution in [-0.4, -0.2) is 50.0 Å². The highest BCUT2D eigenvalue weighted by atomic mass is 19.1. The summed E-state index contributed by atoms with van der Waals surface area (Å²) in [5.74, 6) is 0. The van der Waals surface area contributed by atoms with Gasteiger partial charge in [-0.25, -0.2) is 9.07 Å². The molecule has 1 unspecified atom stereocenters. The number of halogens is 1. The first-order chi connectivity index (χ1) is 13.1. The molecule has 0 amide bonds. The Balaban J connectivity index is 1.48. The average Bonchev–Trinajstić information content (AvgIpc) is 3.24. The standard InChI is InChI=1S/C18H21FN6O2/c19-18(10-26-11-18)9-25-15-5-14(21-6-12(15)7-22-25)17-13(20)8-24(23-17)16-3-1-2-4-27-16/h5-8,16H,1-4,9-11,20H2. The van der Waals surface area contributed by atoms with E-state index in [4.69, 9.17) is 15.2 Å². The third kappa shape index (κ3) is 2.96. The van der Waals surface area contributed by atoms with Crippen LogP contribution < -0.4 is 5.73 Å². The number of anilines is 1. The summed E-state index contributed by atoms with van der Waals surface area (Å²) < 4.78 is 28.6. The van der Waals surface area contributed by atoms with Crippen molar-refractivity contribution in [3.8, 4) is 11.4 Å². The van der Waals surface area contributed by atoms with Gasteiger partial charge in [0.25, 0.3) is 0 Å². The van der Waals surface area contributed by atoms with Crippen molar-refractivity contribution in [3.05, 3.63) is 24.7 Å². The van der Waals surface area contributed by atoms with Crippen molar-refractivity contribution in [1.82, 2.24) is 24.5 Å². The Labute approximate surface area is 155 Å². The SMILES string of the molecule is Nc1cn(C2CCCCO2)nc1-c1cc2c(cn1)cnn2CC1(F)COC1. The van der Waals surface area contributed by atoms with Gasteiger partial charge in [-0.05, 0) is 25.3 Å². The number of nitrogens with zero attached hydrogens (tertiary/aromatic N) is 5. The molecule has 142 valence electrons. The first-order valence-corrected chi connectivity index (χ1v) is 9.16. The summed E-state index contributed by atoms with van der Waals surface area (Å²) in [5.41, 5.74) is 7.40. The number of hydrogen-bond donors (Lipinski definition) is 1. The third-order valence-corrected chi connectivity index (χ3v) is 5.13.